The first kappa shape index (κ1) is 74.2. The number of ether oxygens (including phenoxy) is 1. The molecular weight excluding hydrogens is 988 g/mol. The van der Waals surface area contributed by atoms with Crippen LogP contribution in [0.4, 0.5) is 0 Å². The van der Waals surface area contributed by atoms with Crippen LogP contribution in [0.15, 0.2) is 134 Å². The normalized spacial score (nSPS) is 14.6. The molecule has 3 unspecified atom stereocenters. The highest BCUT2D eigenvalue weighted by Gasteiger charge is 2.30. The van der Waals surface area contributed by atoms with Gasteiger partial charge in [-0.3, -0.25) is 18.6 Å². The molecule has 0 spiro atoms. The zero-order valence-corrected chi connectivity index (χ0v) is 51.5. The number of hydrogen-bond donors (Lipinski definition) is 2. The Bertz CT molecular complexity index is 1800. The molecule has 78 heavy (non-hydrogen) atoms. The number of likely N-dealkylation sites (N-methyl/N-ethyl adjacent to an activating group) is 1. The van der Waals surface area contributed by atoms with Gasteiger partial charge < -0.3 is 19.4 Å². The minimum absolute atomic E-state index is 0.0189. The highest BCUT2D eigenvalue weighted by atomic mass is 31.2. The average molecular weight is 1100 g/mol. The van der Waals surface area contributed by atoms with Crippen molar-refractivity contribution in [1.82, 2.24) is 5.32 Å². The molecule has 0 saturated heterocycles. The predicted octanol–water partition coefficient (Wildman–Crippen LogP) is 19.3. The van der Waals surface area contributed by atoms with Crippen molar-refractivity contribution in [3.63, 3.8) is 0 Å². The van der Waals surface area contributed by atoms with Gasteiger partial charge in [0, 0.05) is 12.8 Å². The zero-order chi connectivity index (χ0) is 57.2. The Hall–Kier alpha value is -3.85. The van der Waals surface area contributed by atoms with Gasteiger partial charge in [0.25, 0.3) is 0 Å². The van der Waals surface area contributed by atoms with Gasteiger partial charge in [-0.05, 0) is 109 Å². The van der Waals surface area contributed by atoms with E-state index in [0.29, 0.717) is 23.9 Å². The van der Waals surface area contributed by atoms with E-state index in [4.69, 9.17) is 13.8 Å². The fourth-order valence-electron chi connectivity index (χ4n) is 8.13. The van der Waals surface area contributed by atoms with E-state index in [1.165, 1.54) is 77.0 Å². The van der Waals surface area contributed by atoms with Gasteiger partial charge in [-0.15, -0.1) is 0 Å². The van der Waals surface area contributed by atoms with Crippen molar-refractivity contribution >= 4 is 19.7 Å². The SMILES string of the molecule is CC/C=C\C/C=C\C/C=C\C/C=C\C/C=C\CCCCCCCCCCCC(=O)OC(/C=C\CCCCCCCCCCC)C(COP(=O)(O)OCC[N+](C)(C)C)NC(=O)CC/C=C/C/C=C/C/C=C/C/C=C/C/C=C/CC. The maximum absolute atomic E-state index is 13.5. The van der Waals surface area contributed by atoms with Crippen LogP contribution < -0.4 is 5.32 Å². The van der Waals surface area contributed by atoms with Crippen LogP contribution in [0.2, 0.25) is 0 Å². The fourth-order valence-corrected chi connectivity index (χ4v) is 8.87. The summed E-state index contributed by atoms with van der Waals surface area (Å²) >= 11 is 0. The van der Waals surface area contributed by atoms with E-state index in [2.05, 4.69) is 135 Å². The number of rotatable bonds is 54. The van der Waals surface area contributed by atoms with Crippen molar-refractivity contribution in [2.75, 3.05) is 40.9 Å². The van der Waals surface area contributed by atoms with Crippen LogP contribution in [0, 0.1) is 0 Å². The van der Waals surface area contributed by atoms with Crippen molar-refractivity contribution in [1.29, 1.82) is 0 Å². The number of hydrogen-bond acceptors (Lipinski definition) is 6. The molecule has 0 bridgehead atoms. The third-order valence-electron chi connectivity index (χ3n) is 12.8. The molecule has 0 heterocycles. The van der Waals surface area contributed by atoms with E-state index >= 15 is 0 Å². The summed E-state index contributed by atoms with van der Waals surface area (Å²) in [6, 6.07) is -0.899. The van der Waals surface area contributed by atoms with Crippen molar-refractivity contribution in [2.45, 2.75) is 245 Å². The van der Waals surface area contributed by atoms with Crippen LogP contribution in [0.3, 0.4) is 0 Å². The van der Waals surface area contributed by atoms with Crippen LogP contribution in [-0.2, 0) is 27.9 Å². The highest BCUT2D eigenvalue weighted by molar-refractivity contribution is 7.47. The topological polar surface area (TPSA) is 111 Å². The fraction of sp³-hybridized carbons (Fsp3) is 0.647. The van der Waals surface area contributed by atoms with Crippen molar-refractivity contribution in [3.05, 3.63) is 134 Å². The summed E-state index contributed by atoms with van der Waals surface area (Å²) in [5.41, 5.74) is 0. The van der Waals surface area contributed by atoms with Crippen molar-refractivity contribution in [3.8, 4) is 0 Å². The summed E-state index contributed by atoms with van der Waals surface area (Å²) in [7, 11) is 1.43. The third-order valence-corrected chi connectivity index (χ3v) is 13.8. The van der Waals surface area contributed by atoms with Crippen molar-refractivity contribution < 1.29 is 37.3 Å². The summed E-state index contributed by atoms with van der Waals surface area (Å²) in [4.78, 5) is 37.6. The molecule has 1 amide bonds. The molecule has 0 aliphatic heterocycles. The lowest BCUT2D eigenvalue weighted by Crippen LogP contribution is -2.47. The molecule has 2 N–H and O–H groups in total. The predicted molar refractivity (Wildman–Crippen MR) is 336 cm³/mol. The van der Waals surface area contributed by atoms with Crippen LogP contribution in [-0.4, -0.2) is 74.3 Å². The van der Waals surface area contributed by atoms with Gasteiger partial charge in [0.2, 0.25) is 5.91 Å². The van der Waals surface area contributed by atoms with Crippen LogP contribution >= 0.6 is 7.82 Å². The molecule has 444 valence electrons. The lowest BCUT2D eigenvalue weighted by atomic mass is 10.1. The van der Waals surface area contributed by atoms with Crippen LogP contribution in [0.1, 0.15) is 233 Å². The number of nitrogens with one attached hydrogen (secondary N) is 1. The van der Waals surface area contributed by atoms with E-state index in [9.17, 15) is 19.0 Å². The molecule has 0 rings (SSSR count). The summed E-state index contributed by atoms with van der Waals surface area (Å²) in [6.45, 7) is 6.69. The van der Waals surface area contributed by atoms with E-state index in [0.717, 1.165) is 109 Å². The number of unbranched alkanes of at least 4 members (excludes halogenated alkanes) is 18. The number of carbonyl (C=O) groups is 2. The second kappa shape index (κ2) is 56.4. The number of quaternary nitrogens is 1. The number of carbonyl (C=O) groups excluding carboxylic acids is 2. The monoisotopic (exact) mass is 1100 g/mol. The number of allylic oxidation sites excluding steroid dienone is 21. The molecule has 0 aromatic rings. The third kappa shape index (κ3) is 56.9. The Balaban J connectivity index is 5.25. The smallest absolute Gasteiger partial charge is 0.456 e. The lowest BCUT2D eigenvalue weighted by Gasteiger charge is -2.27. The van der Waals surface area contributed by atoms with Gasteiger partial charge >= 0.3 is 13.8 Å². The Morgan fingerprint density at radius 3 is 1.26 bits per heavy atom. The average Bonchev–Trinajstić information content (AvgIpc) is 3.41. The maximum atomic E-state index is 13.5. The first-order valence-electron chi connectivity index (χ1n) is 31.0. The van der Waals surface area contributed by atoms with Gasteiger partial charge in [-0.2, -0.15) is 0 Å². The molecule has 0 fully saturated rings. The largest absolute Gasteiger partial charge is 0.472 e. The Morgan fingerprint density at radius 1 is 0.462 bits per heavy atom. The highest BCUT2D eigenvalue weighted by Crippen LogP contribution is 2.43. The Morgan fingerprint density at radius 2 is 0.833 bits per heavy atom. The molecule has 3 atom stereocenters. The molecule has 0 aliphatic carbocycles. The molecule has 0 aliphatic rings. The minimum atomic E-state index is -4.48. The summed E-state index contributed by atoms with van der Waals surface area (Å²) in [5, 5.41) is 3.00. The first-order chi connectivity index (χ1) is 37.9. The van der Waals surface area contributed by atoms with Crippen LogP contribution in [0.5, 0.6) is 0 Å². The van der Waals surface area contributed by atoms with Gasteiger partial charge in [-0.25, -0.2) is 4.57 Å². The molecule has 0 radical (unpaired) electrons. The van der Waals surface area contributed by atoms with Gasteiger partial charge in [0.15, 0.2) is 0 Å². The van der Waals surface area contributed by atoms with E-state index in [1.807, 2.05) is 45.4 Å². The standard InChI is InChI=1S/C68H115N2O7P/c1-7-10-13-16-19-22-25-27-29-31-32-33-34-35-36-37-38-39-41-43-46-49-52-55-58-61-68(72)77-66(59-56-53-50-47-44-24-21-18-15-12-9-3)65(64-76-78(73,74)75-63-62-70(4,5)6)69-67(71)60-57-54-51-48-45-42-40-30-28-26-23-20-17-14-11-8-2/h10-11,13-14,19-20,22-23,27-30,32-33,35-36,42,45,51,54,56,59,65-66H,7-9,12,15-18,21,24-26,31,34,37-41,43-44,46-50,52-53,55,57-58,60-64H2,1-6H3,(H-,69,71,73,74)/p+1/b13-10-,14-11+,22-19-,23-20+,29-27-,30-28+,33-32-,36-35-,45-42+,54-51+,59-56-. The van der Waals surface area contributed by atoms with E-state index in [1.54, 1.807) is 0 Å². The molecule has 0 saturated carbocycles. The van der Waals surface area contributed by atoms with Gasteiger partial charge in [0.05, 0.1) is 33.8 Å². The second-order valence-electron chi connectivity index (χ2n) is 21.5. The molecular formula is C68H116N2O7P+. The van der Waals surface area contributed by atoms with Gasteiger partial charge in [-0.1, -0.05) is 245 Å². The number of phosphoric acid groups is 1. The number of nitrogens with zero attached hydrogens (tertiary/aromatic N) is 1. The van der Waals surface area contributed by atoms with Crippen LogP contribution in [0.25, 0.3) is 0 Å². The molecule has 0 aromatic carbocycles. The van der Waals surface area contributed by atoms with E-state index in [-0.39, 0.29) is 37.9 Å². The minimum Gasteiger partial charge on any atom is -0.456 e. The van der Waals surface area contributed by atoms with Crippen molar-refractivity contribution in [2.24, 2.45) is 0 Å². The zero-order valence-electron chi connectivity index (χ0n) is 50.6. The summed E-state index contributed by atoms with van der Waals surface area (Å²) in [5.74, 6) is -0.619. The number of phosphoric ester groups is 1. The Kier molecular flexibility index (Phi) is 53.6. The molecule has 0 aromatic heterocycles. The summed E-state index contributed by atoms with van der Waals surface area (Å²) in [6.07, 6.45) is 80.5. The maximum Gasteiger partial charge on any atom is 0.472 e. The lowest BCUT2D eigenvalue weighted by molar-refractivity contribution is -0.870. The molecule has 10 heteroatoms. The van der Waals surface area contributed by atoms with E-state index < -0.39 is 20.0 Å². The molecule has 9 nitrogen and oxygen atoms in total. The number of amides is 1. The Labute approximate surface area is 479 Å². The number of esters is 1. The first-order valence-corrected chi connectivity index (χ1v) is 32.5. The summed E-state index contributed by atoms with van der Waals surface area (Å²) < 4.78 is 30.6. The second-order valence-corrected chi connectivity index (χ2v) is 22.9. The quantitative estimate of drug-likeness (QED) is 0.0205. The van der Waals surface area contributed by atoms with Gasteiger partial charge in [0.1, 0.15) is 19.3 Å².